The Kier molecular flexibility index (Phi) is 8.46. The summed E-state index contributed by atoms with van der Waals surface area (Å²) in [7, 11) is 0. The number of carboxylic acid groups (broad SMARTS) is 1. The van der Waals surface area contributed by atoms with E-state index in [1.165, 1.54) is 11.1 Å². The molecule has 2 atom stereocenters. The highest BCUT2D eigenvalue weighted by molar-refractivity contribution is 5.79. The number of amides is 2. The van der Waals surface area contributed by atoms with Crippen molar-refractivity contribution in [2.75, 3.05) is 19.7 Å². The first-order valence-corrected chi connectivity index (χ1v) is 11.5. The van der Waals surface area contributed by atoms with E-state index in [-0.39, 0.29) is 37.3 Å². The highest BCUT2D eigenvalue weighted by Gasteiger charge is 2.29. The van der Waals surface area contributed by atoms with Crippen molar-refractivity contribution in [1.29, 1.82) is 0 Å². The second kappa shape index (κ2) is 11.5. The predicted octanol–water partition coefficient (Wildman–Crippen LogP) is 4.17. The topological polar surface area (TPSA) is 105 Å². The molecule has 3 rings (SSSR count). The lowest BCUT2D eigenvalue weighted by molar-refractivity contribution is -0.142. The summed E-state index contributed by atoms with van der Waals surface area (Å²) in [6.07, 6.45) is 0.946. The average molecular weight is 453 g/mol. The maximum absolute atomic E-state index is 12.3. The van der Waals surface area contributed by atoms with Gasteiger partial charge in [-0.1, -0.05) is 68.8 Å². The number of alkyl carbamates (subject to hydrolysis) is 1. The number of carbonyl (C=O) groups is 3. The fraction of sp³-hybridized carbons (Fsp3) is 0.423. The Morgan fingerprint density at radius 3 is 2.15 bits per heavy atom. The molecule has 0 spiro atoms. The van der Waals surface area contributed by atoms with Gasteiger partial charge in [0.05, 0.1) is 5.92 Å². The van der Waals surface area contributed by atoms with Crippen LogP contribution in [0.5, 0.6) is 0 Å². The number of carbonyl (C=O) groups excluding carboxylic acids is 2. The number of ether oxygens (including phenoxy) is 1. The smallest absolute Gasteiger partial charge is 0.407 e. The largest absolute Gasteiger partial charge is 0.481 e. The molecule has 2 amide bonds. The van der Waals surface area contributed by atoms with Crippen LogP contribution in [0, 0.1) is 11.8 Å². The van der Waals surface area contributed by atoms with Crippen molar-refractivity contribution in [3.05, 3.63) is 59.7 Å². The van der Waals surface area contributed by atoms with Gasteiger partial charge in [0.25, 0.3) is 0 Å². The fourth-order valence-corrected chi connectivity index (χ4v) is 4.27. The first kappa shape index (κ1) is 24.3. The van der Waals surface area contributed by atoms with Crippen LogP contribution < -0.4 is 10.6 Å². The van der Waals surface area contributed by atoms with E-state index < -0.39 is 18.0 Å². The van der Waals surface area contributed by atoms with Gasteiger partial charge in [-0.2, -0.15) is 0 Å². The summed E-state index contributed by atoms with van der Waals surface area (Å²) in [4.78, 5) is 35.6. The van der Waals surface area contributed by atoms with Crippen LogP contribution in [0.3, 0.4) is 0 Å². The lowest BCUT2D eigenvalue weighted by Gasteiger charge is -2.17. The lowest BCUT2D eigenvalue weighted by atomic mass is 9.98. The van der Waals surface area contributed by atoms with Crippen molar-refractivity contribution >= 4 is 18.0 Å². The molecule has 176 valence electrons. The van der Waals surface area contributed by atoms with E-state index in [4.69, 9.17) is 9.84 Å². The van der Waals surface area contributed by atoms with E-state index in [0.717, 1.165) is 17.5 Å². The third kappa shape index (κ3) is 6.34. The van der Waals surface area contributed by atoms with Crippen LogP contribution in [-0.2, 0) is 14.3 Å². The van der Waals surface area contributed by atoms with E-state index in [9.17, 15) is 14.4 Å². The highest BCUT2D eigenvalue weighted by Crippen LogP contribution is 2.44. The second-order valence-electron chi connectivity index (χ2n) is 8.64. The Balaban J connectivity index is 1.43. The number of hydrogen-bond donors (Lipinski definition) is 3. The molecule has 2 unspecified atom stereocenters. The van der Waals surface area contributed by atoms with Gasteiger partial charge in [0.1, 0.15) is 6.61 Å². The SMILES string of the molecule is CCCC(CNC(=O)CC(C)CNC(=O)OCC1c2ccccc2-c2ccccc21)C(=O)O. The van der Waals surface area contributed by atoms with Crippen LogP contribution in [0.2, 0.25) is 0 Å². The van der Waals surface area contributed by atoms with Crippen molar-refractivity contribution < 1.29 is 24.2 Å². The third-order valence-corrected chi connectivity index (χ3v) is 6.00. The van der Waals surface area contributed by atoms with Crippen molar-refractivity contribution in [1.82, 2.24) is 10.6 Å². The van der Waals surface area contributed by atoms with Gasteiger partial charge in [-0.3, -0.25) is 9.59 Å². The van der Waals surface area contributed by atoms with Crippen LogP contribution >= 0.6 is 0 Å². The minimum Gasteiger partial charge on any atom is -0.481 e. The Hall–Kier alpha value is -3.35. The summed E-state index contributed by atoms with van der Waals surface area (Å²) in [6.45, 7) is 4.41. The molecule has 1 aliphatic carbocycles. The van der Waals surface area contributed by atoms with Crippen molar-refractivity contribution in [3.63, 3.8) is 0 Å². The Bertz CT molecular complexity index is 945. The Labute approximate surface area is 194 Å². The van der Waals surface area contributed by atoms with Gasteiger partial charge < -0.3 is 20.5 Å². The van der Waals surface area contributed by atoms with E-state index in [2.05, 4.69) is 34.9 Å². The molecule has 7 nitrogen and oxygen atoms in total. The number of rotatable bonds is 11. The van der Waals surface area contributed by atoms with Crippen molar-refractivity contribution in [2.24, 2.45) is 11.8 Å². The van der Waals surface area contributed by atoms with Gasteiger partial charge >= 0.3 is 12.1 Å². The minimum atomic E-state index is -0.901. The number of hydrogen-bond acceptors (Lipinski definition) is 4. The van der Waals surface area contributed by atoms with Gasteiger partial charge in [0, 0.05) is 25.4 Å². The first-order chi connectivity index (χ1) is 15.9. The molecule has 0 aromatic heterocycles. The highest BCUT2D eigenvalue weighted by atomic mass is 16.5. The monoisotopic (exact) mass is 452 g/mol. The third-order valence-electron chi connectivity index (χ3n) is 6.00. The zero-order valence-corrected chi connectivity index (χ0v) is 19.2. The molecular formula is C26H32N2O5. The maximum atomic E-state index is 12.3. The number of nitrogens with one attached hydrogen (secondary N) is 2. The number of carboxylic acids is 1. The molecule has 3 N–H and O–H groups in total. The quantitative estimate of drug-likeness (QED) is 0.475. The van der Waals surface area contributed by atoms with E-state index in [1.54, 1.807) is 0 Å². The molecule has 0 aliphatic heterocycles. The lowest BCUT2D eigenvalue weighted by Crippen LogP contribution is -2.36. The number of aliphatic carboxylic acids is 1. The van der Waals surface area contributed by atoms with Gasteiger partial charge in [-0.15, -0.1) is 0 Å². The molecular weight excluding hydrogens is 420 g/mol. The average Bonchev–Trinajstić information content (AvgIpc) is 3.12. The fourth-order valence-electron chi connectivity index (χ4n) is 4.27. The van der Waals surface area contributed by atoms with Crippen LogP contribution in [0.1, 0.15) is 50.2 Å². The summed E-state index contributed by atoms with van der Waals surface area (Å²) >= 11 is 0. The van der Waals surface area contributed by atoms with E-state index in [0.29, 0.717) is 13.0 Å². The Morgan fingerprint density at radius 2 is 1.58 bits per heavy atom. The predicted molar refractivity (Wildman–Crippen MR) is 126 cm³/mol. The summed E-state index contributed by atoms with van der Waals surface area (Å²) in [5.41, 5.74) is 4.65. The second-order valence-corrected chi connectivity index (χ2v) is 8.64. The van der Waals surface area contributed by atoms with Crippen LogP contribution in [-0.4, -0.2) is 42.8 Å². The van der Waals surface area contributed by atoms with E-state index >= 15 is 0 Å². The zero-order chi connectivity index (χ0) is 23.8. The minimum absolute atomic E-state index is 0.00310. The van der Waals surface area contributed by atoms with Crippen molar-refractivity contribution in [2.45, 2.75) is 39.0 Å². The number of benzene rings is 2. The number of fused-ring (bicyclic) bond motifs is 3. The van der Waals surface area contributed by atoms with Gasteiger partial charge in [0.15, 0.2) is 0 Å². The van der Waals surface area contributed by atoms with Crippen LogP contribution in [0.25, 0.3) is 11.1 Å². The summed E-state index contributed by atoms with van der Waals surface area (Å²) in [6, 6.07) is 16.3. The van der Waals surface area contributed by atoms with E-state index in [1.807, 2.05) is 38.1 Å². The molecule has 33 heavy (non-hydrogen) atoms. The molecule has 0 bridgehead atoms. The molecule has 0 heterocycles. The molecule has 0 saturated carbocycles. The molecule has 2 aromatic carbocycles. The van der Waals surface area contributed by atoms with Crippen molar-refractivity contribution in [3.8, 4) is 11.1 Å². The van der Waals surface area contributed by atoms with Crippen LogP contribution in [0.15, 0.2) is 48.5 Å². The van der Waals surface area contributed by atoms with Gasteiger partial charge in [-0.25, -0.2) is 4.79 Å². The normalized spacial score (nSPS) is 14.0. The summed E-state index contributed by atoms with van der Waals surface area (Å²) in [5.74, 6) is -1.81. The Morgan fingerprint density at radius 1 is 0.970 bits per heavy atom. The summed E-state index contributed by atoms with van der Waals surface area (Å²) in [5, 5.41) is 14.6. The van der Waals surface area contributed by atoms with Gasteiger partial charge in [-0.05, 0) is 34.6 Å². The molecule has 7 heteroatoms. The standard InChI is InChI=1S/C26H32N2O5/c1-3-8-18(25(30)31)15-27-24(29)13-17(2)14-28-26(32)33-16-23-21-11-6-4-9-19(21)20-10-5-7-12-22(20)23/h4-7,9-12,17-18,23H,3,8,13-16H2,1-2H3,(H,27,29)(H,28,32)(H,30,31). The maximum Gasteiger partial charge on any atom is 0.407 e. The van der Waals surface area contributed by atoms with Crippen LogP contribution in [0.4, 0.5) is 4.79 Å². The molecule has 0 fully saturated rings. The molecule has 0 saturated heterocycles. The molecule has 1 aliphatic rings. The van der Waals surface area contributed by atoms with Gasteiger partial charge in [0.2, 0.25) is 5.91 Å². The molecule has 2 aromatic rings. The first-order valence-electron chi connectivity index (χ1n) is 11.5. The molecule has 0 radical (unpaired) electrons. The summed E-state index contributed by atoms with van der Waals surface area (Å²) < 4.78 is 5.51. The zero-order valence-electron chi connectivity index (χ0n) is 19.2.